The maximum absolute atomic E-state index is 12.5. The fraction of sp³-hybridized carbons (Fsp3) is 0.417. The molecule has 0 amide bonds. The summed E-state index contributed by atoms with van der Waals surface area (Å²) >= 11 is 0. The molecule has 17 heavy (non-hydrogen) atoms. The molecule has 0 aliphatic carbocycles. The Hall–Kier alpha value is -1.52. The van der Waals surface area contributed by atoms with Crippen LogP contribution >= 0.6 is 0 Å². The Labute approximate surface area is 97.4 Å². The van der Waals surface area contributed by atoms with Gasteiger partial charge in [0.1, 0.15) is 0 Å². The SMILES string of the molecule is CCCOC(=O)c1cc(C(F)(F)F)ccc1C. The summed E-state index contributed by atoms with van der Waals surface area (Å²) in [7, 11) is 0. The topological polar surface area (TPSA) is 26.3 Å². The zero-order chi connectivity index (χ0) is 13.1. The van der Waals surface area contributed by atoms with Crippen molar-refractivity contribution in [2.45, 2.75) is 26.4 Å². The molecule has 0 aliphatic heterocycles. The number of carbonyl (C=O) groups is 1. The Morgan fingerprint density at radius 2 is 2.00 bits per heavy atom. The molecule has 0 bridgehead atoms. The van der Waals surface area contributed by atoms with E-state index in [2.05, 4.69) is 0 Å². The minimum Gasteiger partial charge on any atom is -0.462 e. The average Bonchev–Trinajstić information content (AvgIpc) is 2.24. The maximum Gasteiger partial charge on any atom is 0.416 e. The van der Waals surface area contributed by atoms with Gasteiger partial charge in [0.2, 0.25) is 0 Å². The fourth-order valence-corrected chi connectivity index (χ4v) is 1.29. The lowest BCUT2D eigenvalue weighted by atomic mass is 10.0. The zero-order valence-corrected chi connectivity index (χ0v) is 9.60. The first kappa shape index (κ1) is 13.5. The van der Waals surface area contributed by atoms with E-state index in [0.717, 1.165) is 12.1 Å². The molecule has 0 aromatic heterocycles. The molecule has 0 N–H and O–H groups in total. The van der Waals surface area contributed by atoms with Gasteiger partial charge in [0, 0.05) is 0 Å². The van der Waals surface area contributed by atoms with Crippen LogP contribution in [-0.2, 0) is 10.9 Å². The van der Waals surface area contributed by atoms with Gasteiger partial charge in [-0.3, -0.25) is 0 Å². The Kier molecular flexibility index (Phi) is 4.15. The summed E-state index contributed by atoms with van der Waals surface area (Å²) in [6, 6.07) is 3.05. The van der Waals surface area contributed by atoms with Crippen molar-refractivity contribution >= 4 is 5.97 Å². The van der Waals surface area contributed by atoms with E-state index in [0.29, 0.717) is 12.0 Å². The van der Waals surface area contributed by atoms with E-state index in [4.69, 9.17) is 4.74 Å². The van der Waals surface area contributed by atoms with Gasteiger partial charge in [0.05, 0.1) is 17.7 Å². The van der Waals surface area contributed by atoms with Gasteiger partial charge in [0.25, 0.3) is 0 Å². The number of hydrogen-bond donors (Lipinski definition) is 0. The van der Waals surface area contributed by atoms with Gasteiger partial charge in [-0.15, -0.1) is 0 Å². The Balaban J connectivity index is 3.02. The second-order valence-electron chi connectivity index (χ2n) is 3.66. The van der Waals surface area contributed by atoms with Crippen LogP contribution in [0.25, 0.3) is 0 Å². The van der Waals surface area contributed by atoms with Crippen molar-refractivity contribution in [3.05, 3.63) is 34.9 Å². The number of aryl methyl sites for hydroxylation is 1. The second-order valence-corrected chi connectivity index (χ2v) is 3.66. The van der Waals surface area contributed by atoms with Crippen LogP contribution in [0.5, 0.6) is 0 Å². The average molecular weight is 246 g/mol. The Morgan fingerprint density at radius 1 is 1.35 bits per heavy atom. The molecule has 0 saturated heterocycles. The molecule has 1 aromatic rings. The normalized spacial score (nSPS) is 11.4. The smallest absolute Gasteiger partial charge is 0.416 e. The third-order valence-electron chi connectivity index (χ3n) is 2.22. The molecule has 0 saturated carbocycles. The van der Waals surface area contributed by atoms with Gasteiger partial charge in [-0.2, -0.15) is 13.2 Å². The van der Waals surface area contributed by atoms with Gasteiger partial charge in [-0.1, -0.05) is 13.0 Å². The quantitative estimate of drug-likeness (QED) is 0.762. The minimum absolute atomic E-state index is 0.0340. The third-order valence-corrected chi connectivity index (χ3v) is 2.22. The van der Waals surface area contributed by atoms with Gasteiger partial charge in [0.15, 0.2) is 0 Å². The van der Waals surface area contributed by atoms with Gasteiger partial charge >= 0.3 is 12.1 Å². The number of benzene rings is 1. The molecule has 5 heteroatoms. The number of hydrogen-bond acceptors (Lipinski definition) is 2. The molecular formula is C12H13F3O2. The molecular weight excluding hydrogens is 233 g/mol. The van der Waals surface area contributed by atoms with Crippen molar-refractivity contribution in [3.8, 4) is 0 Å². The molecule has 1 rings (SSSR count). The van der Waals surface area contributed by atoms with E-state index in [-0.39, 0.29) is 12.2 Å². The van der Waals surface area contributed by atoms with Crippen LogP contribution in [0.15, 0.2) is 18.2 Å². The summed E-state index contributed by atoms with van der Waals surface area (Å²) in [5.41, 5.74) is -0.404. The highest BCUT2D eigenvalue weighted by Crippen LogP contribution is 2.30. The first-order valence-corrected chi connectivity index (χ1v) is 5.21. The molecule has 1 aromatic carbocycles. The summed E-state index contributed by atoms with van der Waals surface area (Å²) < 4.78 is 42.2. The lowest BCUT2D eigenvalue weighted by Gasteiger charge is -2.10. The molecule has 0 unspecified atom stereocenters. The molecule has 0 heterocycles. The molecule has 0 atom stereocenters. The highest BCUT2D eigenvalue weighted by atomic mass is 19.4. The first-order chi connectivity index (χ1) is 7.86. The van der Waals surface area contributed by atoms with E-state index in [9.17, 15) is 18.0 Å². The molecule has 94 valence electrons. The van der Waals surface area contributed by atoms with Crippen molar-refractivity contribution in [2.75, 3.05) is 6.61 Å². The molecule has 2 nitrogen and oxygen atoms in total. The highest BCUT2D eigenvalue weighted by Gasteiger charge is 2.31. The maximum atomic E-state index is 12.5. The van der Waals surface area contributed by atoms with Crippen molar-refractivity contribution in [1.29, 1.82) is 0 Å². The third kappa shape index (κ3) is 3.47. The predicted molar refractivity (Wildman–Crippen MR) is 56.8 cm³/mol. The van der Waals surface area contributed by atoms with Gasteiger partial charge < -0.3 is 4.74 Å². The Bertz CT molecular complexity index is 411. The number of esters is 1. The molecule has 0 aliphatic rings. The minimum atomic E-state index is -4.45. The fourth-order valence-electron chi connectivity index (χ4n) is 1.29. The number of ether oxygens (including phenoxy) is 1. The van der Waals surface area contributed by atoms with Crippen LogP contribution in [0.4, 0.5) is 13.2 Å². The van der Waals surface area contributed by atoms with E-state index < -0.39 is 17.7 Å². The lowest BCUT2D eigenvalue weighted by Crippen LogP contribution is -2.11. The number of alkyl halides is 3. The Morgan fingerprint density at radius 3 is 2.53 bits per heavy atom. The van der Waals surface area contributed by atoms with E-state index in [1.807, 2.05) is 6.92 Å². The number of carbonyl (C=O) groups excluding carboxylic acids is 1. The van der Waals surface area contributed by atoms with Crippen LogP contribution in [0.1, 0.15) is 34.8 Å². The summed E-state index contributed by atoms with van der Waals surface area (Å²) in [6.07, 6.45) is -3.82. The molecule has 0 radical (unpaired) electrons. The lowest BCUT2D eigenvalue weighted by molar-refractivity contribution is -0.137. The monoisotopic (exact) mass is 246 g/mol. The van der Waals surface area contributed by atoms with Gasteiger partial charge in [-0.25, -0.2) is 4.79 Å². The van der Waals surface area contributed by atoms with E-state index in [1.54, 1.807) is 6.92 Å². The van der Waals surface area contributed by atoms with Crippen LogP contribution in [0.3, 0.4) is 0 Å². The van der Waals surface area contributed by atoms with Crippen molar-refractivity contribution < 1.29 is 22.7 Å². The largest absolute Gasteiger partial charge is 0.462 e. The highest BCUT2D eigenvalue weighted by molar-refractivity contribution is 5.91. The molecule has 0 fully saturated rings. The van der Waals surface area contributed by atoms with Crippen LogP contribution in [0.2, 0.25) is 0 Å². The summed E-state index contributed by atoms with van der Waals surface area (Å²) in [5.74, 6) is -0.713. The second kappa shape index (κ2) is 5.21. The standard InChI is InChI=1S/C12H13F3O2/c1-3-6-17-11(16)10-7-9(12(13,14)15)5-4-8(10)2/h4-5,7H,3,6H2,1-2H3. The van der Waals surface area contributed by atoms with E-state index >= 15 is 0 Å². The summed E-state index contributed by atoms with van der Waals surface area (Å²) in [6.45, 7) is 3.59. The summed E-state index contributed by atoms with van der Waals surface area (Å²) in [5, 5.41) is 0. The van der Waals surface area contributed by atoms with Crippen LogP contribution in [-0.4, -0.2) is 12.6 Å². The van der Waals surface area contributed by atoms with Crippen LogP contribution < -0.4 is 0 Å². The van der Waals surface area contributed by atoms with Crippen molar-refractivity contribution in [1.82, 2.24) is 0 Å². The predicted octanol–water partition coefficient (Wildman–Crippen LogP) is 3.58. The van der Waals surface area contributed by atoms with Crippen molar-refractivity contribution in [3.63, 3.8) is 0 Å². The number of rotatable bonds is 3. The number of halogens is 3. The van der Waals surface area contributed by atoms with Gasteiger partial charge in [-0.05, 0) is 31.0 Å². The van der Waals surface area contributed by atoms with E-state index in [1.165, 1.54) is 6.07 Å². The first-order valence-electron chi connectivity index (χ1n) is 5.21. The van der Waals surface area contributed by atoms with Crippen LogP contribution in [0, 0.1) is 6.92 Å². The zero-order valence-electron chi connectivity index (χ0n) is 9.60. The van der Waals surface area contributed by atoms with Crippen molar-refractivity contribution in [2.24, 2.45) is 0 Å². The summed E-state index contributed by atoms with van der Waals surface area (Å²) in [4.78, 5) is 11.5. The molecule has 0 spiro atoms.